The lowest BCUT2D eigenvalue weighted by Crippen LogP contribution is -2.37. The highest BCUT2D eigenvalue weighted by molar-refractivity contribution is 5.79. The van der Waals surface area contributed by atoms with Gasteiger partial charge in [-0.25, -0.2) is 4.98 Å². The second-order valence-corrected chi connectivity index (χ2v) is 5.89. The number of nitrogens with one attached hydrogen (secondary N) is 2. The van der Waals surface area contributed by atoms with Gasteiger partial charge in [-0.2, -0.15) is 0 Å². The lowest BCUT2D eigenvalue weighted by molar-refractivity contribution is 0.462. The topological polar surface area (TPSA) is 62.5 Å². The third-order valence-electron chi connectivity index (χ3n) is 4.26. The zero-order valence-corrected chi connectivity index (χ0v) is 13.5. The van der Waals surface area contributed by atoms with Gasteiger partial charge in [-0.05, 0) is 32.6 Å². The second-order valence-electron chi connectivity index (χ2n) is 5.89. The largest absolute Gasteiger partial charge is 0.444 e. The van der Waals surface area contributed by atoms with Gasteiger partial charge >= 0.3 is 0 Å². The van der Waals surface area contributed by atoms with Crippen LogP contribution in [-0.4, -0.2) is 24.5 Å². The van der Waals surface area contributed by atoms with Crippen LogP contribution in [0.4, 0.5) is 0 Å². The number of nitrogens with zero attached hydrogens (tertiary/aromatic N) is 2. The molecule has 0 spiro atoms. The summed E-state index contributed by atoms with van der Waals surface area (Å²) in [6.07, 6.45) is 8.25. The molecule has 1 saturated carbocycles. The van der Waals surface area contributed by atoms with Crippen LogP contribution in [0.5, 0.6) is 0 Å². The molecule has 1 heterocycles. The van der Waals surface area contributed by atoms with Crippen LogP contribution in [0.1, 0.15) is 55.9 Å². The Bertz CT molecular complexity index is 441. The van der Waals surface area contributed by atoms with Gasteiger partial charge in [0.2, 0.25) is 5.89 Å². The molecule has 1 aromatic heterocycles. The van der Waals surface area contributed by atoms with Crippen LogP contribution < -0.4 is 10.6 Å². The molecule has 1 aliphatic rings. The number of hydrogen-bond donors (Lipinski definition) is 2. The Morgan fingerprint density at radius 3 is 2.67 bits per heavy atom. The van der Waals surface area contributed by atoms with Gasteiger partial charge in [0, 0.05) is 13.6 Å². The van der Waals surface area contributed by atoms with Crippen molar-refractivity contribution in [3.63, 3.8) is 0 Å². The van der Waals surface area contributed by atoms with E-state index in [0.717, 1.165) is 29.9 Å². The molecule has 21 heavy (non-hydrogen) atoms. The van der Waals surface area contributed by atoms with E-state index in [2.05, 4.69) is 20.6 Å². The molecule has 0 radical (unpaired) electrons. The van der Waals surface area contributed by atoms with E-state index in [1.807, 2.05) is 13.8 Å². The number of aliphatic imine (C=N–C) groups is 1. The molecule has 1 aliphatic carbocycles. The van der Waals surface area contributed by atoms with Crippen LogP contribution in [-0.2, 0) is 6.54 Å². The van der Waals surface area contributed by atoms with Crippen molar-refractivity contribution in [3.8, 4) is 0 Å². The maximum Gasteiger partial charge on any atom is 0.214 e. The number of oxazole rings is 1. The summed E-state index contributed by atoms with van der Waals surface area (Å²) >= 11 is 0. The fourth-order valence-corrected chi connectivity index (χ4v) is 2.89. The number of rotatable bonds is 6. The van der Waals surface area contributed by atoms with E-state index in [-0.39, 0.29) is 0 Å². The Hall–Kier alpha value is -1.52. The molecule has 2 N–H and O–H groups in total. The smallest absolute Gasteiger partial charge is 0.214 e. The highest BCUT2D eigenvalue weighted by atomic mass is 16.4. The third kappa shape index (κ3) is 5.06. The van der Waals surface area contributed by atoms with Gasteiger partial charge in [0.1, 0.15) is 5.76 Å². The highest BCUT2D eigenvalue weighted by Crippen LogP contribution is 2.28. The average Bonchev–Trinajstić information content (AvgIpc) is 3.09. The molecule has 0 atom stereocenters. The van der Waals surface area contributed by atoms with Gasteiger partial charge in [0.25, 0.3) is 0 Å². The van der Waals surface area contributed by atoms with Gasteiger partial charge in [-0.3, -0.25) is 4.99 Å². The summed E-state index contributed by atoms with van der Waals surface area (Å²) in [5.41, 5.74) is 0.950. The van der Waals surface area contributed by atoms with E-state index in [4.69, 9.17) is 4.42 Å². The molecule has 0 aliphatic heterocycles. The van der Waals surface area contributed by atoms with Crippen molar-refractivity contribution < 1.29 is 4.42 Å². The Kier molecular flexibility index (Phi) is 6.08. The molecule has 118 valence electrons. The summed E-state index contributed by atoms with van der Waals surface area (Å²) in [6.45, 7) is 5.43. The molecule has 5 heteroatoms. The molecule has 5 nitrogen and oxygen atoms in total. The van der Waals surface area contributed by atoms with Crippen LogP contribution in [0, 0.1) is 19.8 Å². The van der Waals surface area contributed by atoms with Crippen molar-refractivity contribution in [3.05, 3.63) is 17.3 Å². The lowest BCUT2D eigenvalue weighted by Gasteiger charge is -2.12. The first kappa shape index (κ1) is 15.9. The van der Waals surface area contributed by atoms with E-state index < -0.39 is 0 Å². The molecule has 0 saturated heterocycles. The Morgan fingerprint density at radius 1 is 1.29 bits per heavy atom. The molecule has 1 aromatic rings. The minimum absolute atomic E-state index is 0.566. The van der Waals surface area contributed by atoms with Gasteiger partial charge in [-0.15, -0.1) is 0 Å². The van der Waals surface area contributed by atoms with Crippen molar-refractivity contribution in [2.45, 2.75) is 58.9 Å². The molecule has 0 aromatic carbocycles. The van der Waals surface area contributed by atoms with Crippen LogP contribution in [0.15, 0.2) is 9.41 Å². The number of guanidine groups is 1. The molecule has 0 unspecified atom stereocenters. The average molecular weight is 292 g/mol. The Balaban J connectivity index is 1.63. The van der Waals surface area contributed by atoms with Crippen molar-refractivity contribution in [1.29, 1.82) is 0 Å². The first-order chi connectivity index (χ1) is 10.2. The lowest BCUT2D eigenvalue weighted by atomic mass is 10.0. The summed E-state index contributed by atoms with van der Waals surface area (Å²) in [7, 11) is 1.79. The van der Waals surface area contributed by atoms with Crippen LogP contribution >= 0.6 is 0 Å². The zero-order valence-electron chi connectivity index (χ0n) is 13.5. The van der Waals surface area contributed by atoms with Crippen molar-refractivity contribution >= 4 is 5.96 Å². The third-order valence-corrected chi connectivity index (χ3v) is 4.26. The van der Waals surface area contributed by atoms with Gasteiger partial charge in [0.05, 0.1) is 12.2 Å². The fourth-order valence-electron chi connectivity index (χ4n) is 2.89. The minimum Gasteiger partial charge on any atom is -0.444 e. The number of aryl methyl sites for hydroxylation is 2. The molecule has 2 rings (SSSR count). The summed E-state index contributed by atoms with van der Waals surface area (Å²) < 4.78 is 5.55. The predicted molar refractivity (Wildman–Crippen MR) is 85.4 cm³/mol. The fraction of sp³-hybridized carbons (Fsp3) is 0.750. The Morgan fingerprint density at radius 2 is 2.05 bits per heavy atom. The number of hydrogen-bond acceptors (Lipinski definition) is 3. The van der Waals surface area contributed by atoms with Gasteiger partial charge in [0.15, 0.2) is 5.96 Å². The Labute approximate surface area is 127 Å². The molecular weight excluding hydrogens is 264 g/mol. The SMILES string of the molecule is CN=C(NCCCC1CCCC1)NCc1nc(C)c(C)o1. The van der Waals surface area contributed by atoms with E-state index in [0.29, 0.717) is 12.4 Å². The van der Waals surface area contributed by atoms with Crippen LogP contribution in [0.3, 0.4) is 0 Å². The van der Waals surface area contributed by atoms with Crippen molar-refractivity contribution in [2.75, 3.05) is 13.6 Å². The zero-order chi connectivity index (χ0) is 15.1. The standard InChI is InChI=1S/C16H28N4O/c1-12-13(2)21-15(20-12)11-19-16(17-3)18-10-6-9-14-7-4-5-8-14/h14H,4-11H2,1-3H3,(H2,17,18,19). The maximum atomic E-state index is 5.55. The molecule has 0 bridgehead atoms. The first-order valence-electron chi connectivity index (χ1n) is 8.06. The summed E-state index contributed by atoms with van der Waals surface area (Å²) in [5.74, 6) is 3.36. The second kappa shape index (κ2) is 8.05. The minimum atomic E-state index is 0.566. The molecule has 0 amide bonds. The van der Waals surface area contributed by atoms with E-state index in [1.165, 1.54) is 38.5 Å². The normalized spacial score (nSPS) is 16.4. The summed E-state index contributed by atoms with van der Waals surface area (Å²) in [4.78, 5) is 8.58. The maximum absolute atomic E-state index is 5.55. The quantitative estimate of drug-likeness (QED) is 0.481. The highest BCUT2D eigenvalue weighted by Gasteiger charge is 2.14. The van der Waals surface area contributed by atoms with E-state index in [1.54, 1.807) is 7.05 Å². The van der Waals surface area contributed by atoms with Crippen LogP contribution in [0.25, 0.3) is 0 Å². The van der Waals surface area contributed by atoms with Crippen molar-refractivity contribution in [1.82, 2.24) is 15.6 Å². The first-order valence-corrected chi connectivity index (χ1v) is 8.06. The summed E-state index contributed by atoms with van der Waals surface area (Å²) in [5, 5.41) is 6.59. The molecular formula is C16H28N4O. The molecule has 1 fully saturated rings. The summed E-state index contributed by atoms with van der Waals surface area (Å²) in [6, 6.07) is 0. The monoisotopic (exact) mass is 292 g/mol. The van der Waals surface area contributed by atoms with E-state index in [9.17, 15) is 0 Å². The van der Waals surface area contributed by atoms with E-state index >= 15 is 0 Å². The van der Waals surface area contributed by atoms with Crippen molar-refractivity contribution in [2.24, 2.45) is 10.9 Å². The number of aromatic nitrogens is 1. The van der Waals surface area contributed by atoms with Gasteiger partial charge < -0.3 is 15.1 Å². The van der Waals surface area contributed by atoms with Crippen LogP contribution in [0.2, 0.25) is 0 Å². The predicted octanol–water partition coefficient (Wildman–Crippen LogP) is 2.93. The van der Waals surface area contributed by atoms with Gasteiger partial charge in [-0.1, -0.05) is 25.7 Å².